The summed E-state index contributed by atoms with van der Waals surface area (Å²) in [5.41, 5.74) is 5.39. The van der Waals surface area contributed by atoms with E-state index in [4.69, 9.17) is 10.7 Å². The van der Waals surface area contributed by atoms with Crippen LogP contribution in [0.5, 0.6) is 0 Å². The van der Waals surface area contributed by atoms with Gasteiger partial charge in [0.2, 0.25) is 5.60 Å². The number of amides is 2. The Kier molecular flexibility index (Phi) is 6.58. The molecule has 0 saturated carbocycles. The molecule has 2 aromatic rings. The number of rotatable bonds is 5. The van der Waals surface area contributed by atoms with Crippen molar-refractivity contribution in [1.82, 2.24) is 14.9 Å². The molecule has 1 aromatic heterocycles. The first-order valence-electron chi connectivity index (χ1n) is 11.7. The Balaban J connectivity index is 1.68. The van der Waals surface area contributed by atoms with Crippen LogP contribution in [0.1, 0.15) is 55.6 Å². The van der Waals surface area contributed by atoms with Crippen LogP contribution in [0.3, 0.4) is 0 Å². The van der Waals surface area contributed by atoms with Gasteiger partial charge in [0.15, 0.2) is 5.82 Å². The maximum atomic E-state index is 12.2. The number of aliphatic hydroxyl groups is 1. The maximum Gasteiger partial charge on any atom is 0.267 e. The quantitative estimate of drug-likeness (QED) is 0.660. The minimum atomic E-state index is -1.67. The van der Waals surface area contributed by atoms with E-state index >= 15 is 0 Å². The number of hydrogen-bond donors (Lipinski definition) is 2. The number of nitrogens with two attached hydrogens (primary N) is 1. The third-order valence-corrected chi connectivity index (χ3v) is 6.42. The summed E-state index contributed by atoms with van der Waals surface area (Å²) in [7, 11) is 1.65. The largest absolute Gasteiger partial charge is 0.369 e. The first-order valence-corrected chi connectivity index (χ1v) is 11.7. The Bertz CT molecular complexity index is 1170. The van der Waals surface area contributed by atoms with Gasteiger partial charge in [0.05, 0.1) is 0 Å². The number of nitrogens with zero attached hydrogens (tertiary/aromatic N) is 4. The highest BCUT2D eigenvalue weighted by molar-refractivity contribution is 5.92. The van der Waals surface area contributed by atoms with Gasteiger partial charge in [-0.15, -0.1) is 0 Å². The van der Waals surface area contributed by atoms with Crippen LogP contribution < -0.4 is 10.6 Å². The third kappa shape index (κ3) is 4.90. The van der Waals surface area contributed by atoms with E-state index in [9.17, 15) is 14.7 Å². The van der Waals surface area contributed by atoms with E-state index in [0.717, 1.165) is 25.8 Å². The minimum Gasteiger partial charge on any atom is -0.369 e. The van der Waals surface area contributed by atoms with Crippen LogP contribution in [0.2, 0.25) is 0 Å². The van der Waals surface area contributed by atoms with Gasteiger partial charge in [-0.25, -0.2) is 9.97 Å². The number of anilines is 1. The van der Waals surface area contributed by atoms with Crippen molar-refractivity contribution in [3.8, 4) is 23.2 Å². The molecule has 2 amide bonds. The molecule has 34 heavy (non-hydrogen) atoms. The topological polar surface area (TPSA) is 113 Å². The van der Waals surface area contributed by atoms with Gasteiger partial charge >= 0.3 is 0 Å². The van der Waals surface area contributed by atoms with Gasteiger partial charge in [0, 0.05) is 49.8 Å². The number of likely N-dealkylation sites (tertiary alicyclic amines) is 1. The number of hydrogen-bond acceptors (Lipinski definition) is 6. The third-order valence-electron chi connectivity index (χ3n) is 6.42. The minimum absolute atomic E-state index is 0.167. The van der Waals surface area contributed by atoms with Crippen LogP contribution in [0, 0.1) is 17.8 Å². The lowest BCUT2D eigenvalue weighted by Crippen LogP contribution is -2.37. The fourth-order valence-electron chi connectivity index (χ4n) is 4.64. The van der Waals surface area contributed by atoms with Crippen LogP contribution in [-0.4, -0.2) is 63.6 Å². The SMILES string of the molecule is CC(C)C[C@H]1CCCN1c1cc(C(N)=O)nc(-c2cccc(C#C[C@]3(O)CCN(C)C3=O)c2)n1. The second kappa shape index (κ2) is 9.43. The number of primary amides is 1. The molecule has 3 heterocycles. The first-order chi connectivity index (χ1) is 16.2. The zero-order valence-electron chi connectivity index (χ0n) is 19.9. The van der Waals surface area contributed by atoms with Crippen molar-refractivity contribution in [2.45, 2.75) is 51.2 Å². The number of likely N-dealkylation sites (N-methyl/N-ethyl adjacent to an activating group) is 1. The molecule has 2 saturated heterocycles. The average molecular weight is 462 g/mol. The Hall–Kier alpha value is -3.44. The standard InChI is InChI=1S/C26H31N5O3/c1-17(2)14-20-8-5-12-31(20)22-16-21(23(27)32)28-24(29-22)19-7-4-6-18(15-19)9-10-26(34)11-13-30(3)25(26)33/h4,6-7,15-17,20,34H,5,8,11-14H2,1-3H3,(H2,27,32)/t20-,26+/m1/s1. The summed E-state index contributed by atoms with van der Waals surface area (Å²) in [5.74, 6) is 6.30. The highest BCUT2D eigenvalue weighted by atomic mass is 16.3. The summed E-state index contributed by atoms with van der Waals surface area (Å²) in [6, 6.07) is 9.27. The van der Waals surface area contributed by atoms with Crippen LogP contribution in [0.25, 0.3) is 11.4 Å². The van der Waals surface area contributed by atoms with Gasteiger partial charge in [-0.3, -0.25) is 9.59 Å². The fourth-order valence-corrected chi connectivity index (χ4v) is 4.64. The second-order valence-electron chi connectivity index (χ2n) is 9.59. The van der Waals surface area contributed by atoms with Crippen molar-refractivity contribution in [2.75, 3.05) is 25.0 Å². The molecule has 0 spiro atoms. The van der Waals surface area contributed by atoms with E-state index in [0.29, 0.717) is 41.3 Å². The summed E-state index contributed by atoms with van der Waals surface area (Å²) < 4.78 is 0. The summed E-state index contributed by atoms with van der Waals surface area (Å²) in [5, 5.41) is 10.6. The number of carbonyl (C=O) groups is 2. The van der Waals surface area contributed by atoms with Crippen LogP contribution in [0.4, 0.5) is 5.82 Å². The van der Waals surface area contributed by atoms with E-state index in [1.165, 1.54) is 4.90 Å². The van der Waals surface area contributed by atoms with Gasteiger partial charge in [0.1, 0.15) is 11.5 Å². The fraction of sp³-hybridized carbons (Fsp3) is 0.462. The molecule has 0 aliphatic carbocycles. The molecular formula is C26H31N5O3. The average Bonchev–Trinajstić information content (AvgIpc) is 3.37. The molecule has 0 bridgehead atoms. The van der Waals surface area contributed by atoms with Gasteiger partial charge in [0.25, 0.3) is 11.8 Å². The van der Waals surface area contributed by atoms with Crippen LogP contribution >= 0.6 is 0 Å². The van der Waals surface area contributed by atoms with Crippen molar-refractivity contribution >= 4 is 17.6 Å². The van der Waals surface area contributed by atoms with E-state index in [2.05, 4.69) is 35.6 Å². The second-order valence-corrected chi connectivity index (χ2v) is 9.59. The summed E-state index contributed by atoms with van der Waals surface area (Å²) >= 11 is 0. The monoisotopic (exact) mass is 461 g/mol. The number of aromatic nitrogens is 2. The van der Waals surface area contributed by atoms with Crippen molar-refractivity contribution in [2.24, 2.45) is 11.7 Å². The molecule has 2 aliphatic rings. The van der Waals surface area contributed by atoms with Crippen molar-refractivity contribution < 1.29 is 14.7 Å². The van der Waals surface area contributed by atoms with E-state index in [-0.39, 0.29) is 18.0 Å². The van der Waals surface area contributed by atoms with Crippen LogP contribution in [0.15, 0.2) is 30.3 Å². The lowest BCUT2D eigenvalue weighted by molar-refractivity contribution is -0.137. The Morgan fingerprint density at radius 1 is 1.29 bits per heavy atom. The Morgan fingerprint density at radius 2 is 2.09 bits per heavy atom. The Labute approximate surface area is 200 Å². The normalized spacial score (nSPS) is 22.3. The lowest BCUT2D eigenvalue weighted by Gasteiger charge is -2.27. The predicted octanol–water partition coefficient (Wildman–Crippen LogP) is 2.20. The number of benzene rings is 1. The molecule has 1 aromatic carbocycles. The predicted molar refractivity (Wildman–Crippen MR) is 130 cm³/mol. The highest BCUT2D eigenvalue weighted by Gasteiger charge is 2.42. The molecule has 2 atom stereocenters. The molecule has 0 unspecified atom stereocenters. The van der Waals surface area contributed by atoms with Gasteiger partial charge < -0.3 is 20.6 Å². The molecule has 2 aliphatic heterocycles. The molecule has 4 rings (SSSR count). The van der Waals surface area contributed by atoms with Crippen LogP contribution in [-0.2, 0) is 4.79 Å². The molecule has 8 nitrogen and oxygen atoms in total. The van der Waals surface area contributed by atoms with Gasteiger partial charge in [-0.1, -0.05) is 37.8 Å². The molecular weight excluding hydrogens is 430 g/mol. The molecule has 3 N–H and O–H groups in total. The van der Waals surface area contributed by atoms with Crippen molar-refractivity contribution in [3.05, 3.63) is 41.6 Å². The van der Waals surface area contributed by atoms with Crippen molar-refractivity contribution in [3.63, 3.8) is 0 Å². The molecule has 8 heteroatoms. The van der Waals surface area contributed by atoms with Crippen molar-refractivity contribution in [1.29, 1.82) is 0 Å². The summed E-state index contributed by atoms with van der Waals surface area (Å²) in [6.07, 6.45) is 3.48. The summed E-state index contributed by atoms with van der Waals surface area (Å²) in [6.45, 7) is 5.75. The smallest absolute Gasteiger partial charge is 0.267 e. The summed E-state index contributed by atoms with van der Waals surface area (Å²) in [4.78, 5) is 37.2. The maximum absolute atomic E-state index is 12.2. The molecule has 0 radical (unpaired) electrons. The Morgan fingerprint density at radius 3 is 2.76 bits per heavy atom. The zero-order chi connectivity index (χ0) is 24.5. The molecule has 2 fully saturated rings. The van der Waals surface area contributed by atoms with E-state index in [1.807, 2.05) is 12.1 Å². The van der Waals surface area contributed by atoms with E-state index < -0.39 is 11.5 Å². The highest BCUT2D eigenvalue weighted by Crippen LogP contribution is 2.30. The first kappa shape index (κ1) is 23.7. The number of carbonyl (C=O) groups excluding carboxylic acids is 2. The zero-order valence-corrected chi connectivity index (χ0v) is 19.9. The van der Waals surface area contributed by atoms with Gasteiger partial charge in [-0.2, -0.15) is 0 Å². The van der Waals surface area contributed by atoms with Gasteiger partial charge in [-0.05, 0) is 37.3 Å². The van der Waals surface area contributed by atoms with E-state index in [1.54, 1.807) is 25.2 Å². The lowest BCUT2D eigenvalue weighted by atomic mass is 10.0. The molecule has 178 valence electrons.